The van der Waals surface area contributed by atoms with Crippen LogP contribution in [0.3, 0.4) is 0 Å². The molecular formula is C17H27NS. The molecule has 2 rings (SSSR count). The van der Waals surface area contributed by atoms with Crippen molar-refractivity contribution in [1.29, 1.82) is 0 Å². The van der Waals surface area contributed by atoms with E-state index in [1.807, 2.05) is 11.8 Å². The monoisotopic (exact) mass is 277 g/mol. The van der Waals surface area contributed by atoms with Crippen LogP contribution < -0.4 is 5.32 Å². The standard InChI is InChI=1S/C17H27NS/c1-4-18-15(11-13(2)3)10-9-14-12-19-17-8-6-5-7-16(14)17/h5-8,13-15,18H,4,9-12H2,1-3H3. The summed E-state index contributed by atoms with van der Waals surface area (Å²) in [6.07, 6.45) is 3.94. The summed E-state index contributed by atoms with van der Waals surface area (Å²) < 4.78 is 0. The Bertz CT molecular complexity index is 389. The van der Waals surface area contributed by atoms with Gasteiger partial charge in [0.1, 0.15) is 0 Å². The van der Waals surface area contributed by atoms with Crippen molar-refractivity contribution in [2.75, 3.05) is 12.3 Å². The summed E-state index contributed by atoms with van der Waals surface area (Å²) in [5.41, 5.74) is 1.59. The first-order chi connectivity index (χ1) is 9.20. The number of thioether (sulfide) groups is 1. The number of benzene rings is 1. The maximum Gasteiger partial charge on any atom is 0.0107 e. The lowest BCUT2D eigenvalue weighted by molar-refractivity contribution is 0.389. The number of rotatable bonds is 7. The van der Waals surface area contributed by atoms with E-state index in [1.54, 1.807) is 5.56 Å². The predicted molar refractivity (Wildman–Crippen MR) is 86.1 cm³/mol. The highest BCUT2D eigenvalue weighted by Gasteiger charge is 2.23. The van der Waals surface area contributed by atoms with E-state index in [0.29, 0.717) is 6.04 Å². The highest BCUT2D eigenvalue weighted by atomic mass is 32.2. The van der Waals surface area contributed by atoms with Crippen LogP contribution in [0.1, 0.15) is 51.5 Å². The predicted octanol–water partition coefficient (Wildman–Crippen LogP) is 4.68. The normalized spacial score (nSPS) is 19.7. The molecule has 0 aliphatic carbocycles. The van der Waals surface area contributed by atoms with E-state index in [2.05, 4.69) is 50.4 Å². The van der Waals surface area contributed by atoms with Gasteiger partial charge in [0.25, 0.3) is 0 Å². The highest BCUT2D eigenvalue weighted by molar-refractivity contribution is 7.99. The average Bonchev–Trinajstić information content (AvgIpc) is 2.79. The molecule has 1 aliphatic rings. The molecule has 0 bridgehead atoms. The summed E-state index contributed by atoms with van der Waals surface area (Å²) in [4.78, 5) is 1.51. The molecule has 19 heavy (non-hydrogen) atoms. The van der Waals surface area contributed by atoms with Crippen LogP contribution in [0, 0.1) is 5.92 Å². The Morgan fingerprint density at radius 2 is 2.11 bits per heavy atom. The second-order valence-electron chi connectivity index (χ2n) is 6.01. The van der Waals surface area contributed by atoms with Gasteiger partial charge in [-0.3, -0.25) is 0 Å². The maximum absolute atomic E-state index is 3.66. The van der Waals surface area contributed by atoms with Gasteiger partial charge >= 0.3 is 0 Å². The first-order valence-corrected chi connectivity index (χ1v) is 8.64. The third-order valence-electron chi connectivity index (χ3n) is 3.91. The molecule has 0 aromatic heterocycles. The van der Waals surface area contributed by atoms with Crippen LogP contribution in [-0.4, -0.2) is 18.3 Å². The zero-order chi connectivity index (χ0) is 13.7. The Hall–Kier alpha value is -0.470. The van der Waals surface area contributed by atoms with E-state index >= 15 is 0 Å². The van der Waals surface area contributed by atoms with Gasteiger partial charge < -0.3 is 5.32 Å². The Kier molecular flexibility index (Phi) is 5.77. The molecule has 1 N–H and O–H groups in total. The fourth-order valence-corrected chi connectivity index (χ4v) is 4.33. The van der Waals surface area contributed by atoms with E-state index in [4.69, 9.17) is 0 Å². The lowest BCUT2D eigenvalue weighted by Gasteiger charge is -2.21. The minimum absolute atomic E-state index is 0.697. The van der Waals surface area contributed by atoms with Gasteiger partial charge in [-0.1, -0.05) is 39.0 Å². The summed E-state index contributed by atoms with van der Waals surface area (Å²) in [7, 11) is 0. The smallest absolute Gasteiger partial charge is 0.0107 e. The van der Waals surface area contributed by atoms with E-state index in [-0.39, 0.29) is 0 Å². The number of hydrogen-bond acceptors (Lipinski definition) is 2. The fraction of sp³-hybridized carbons (Fsp3) is 0.647. The van der Waals surface area contributed by atoms with Gasteiger partial charge in [0, 0.05) is 16.7 Å². The second-order valence-corrected chi connectivity index (χ2v) is 7.07. The second kappa shape index (κ2) is 7.35. The summed E-state index contributed by atoms with van der Waals surface area (Å²) in [5, 5.41) is 3.66. The molecule has 2 atom stereocenters. The highest BCUT2D eigenvalue weighted by Crippen LogP contribution is 2.41. The van der Waals surface area contributed by atoms with Gasteiger partial charge in [-0.25, -0.2) is 0 Å². The Morgan fingerprint density at radius 3 is 2.84 bits per heavy atom. The van der Waals surface area contributed by atoms with Crippen LogP contribution in [-0.2, 0) is 0 Å². The molecule has 1 aliphatic heterocycles. The molecule has 0 radical (unpaired) electrons. The molecule has 1 aromatic carbocycles. The minimum atomic E-state index is 0.697. The molecule has 0 spiro atoms. The fourth-order valence-electron chi connectivity index (χ4n) is 3.03. The number of hydrogen-bond donors (Lipinski definition) is 1. The van der Waals surface area contributed by atoms with Crippen LogP contribution in [0.15, 0.2) is 29.2 Å². The lowest BCUT2D eigenvalue weighted by Crippen LogP contribution is -2.30. The van der Waals surface area contributed by atoms with Crippen molar-refractivity contribution in [3.05, 3.63) is 29.8 Å². The van der Waals surface area contributed by atoms with Gasteiger partial charge in [0.05, 0.1) is 0 Å². The maximum atomic E-state index is 3.66. The van der Waals surface area contributed by atoms with Gasteiger partial charge in [-0.2, -0.15) is 0 Å². The molecule has 2 unspecified atom stereocenters. The first kappa shape index (κ1) is 14.9. The average molecular weight is 277 g/mol. The van der Waals surface area contributed by atoms with Crippen LogP contribution >= 0.6 is 11.8 Å². The van der Waals surface area contributed by atoms with Gasteiger partial charge in [0.15, 0.2) is 0 Å². The van der Waals surface area contributed by atoms with Crippen LogP contribution in [0.5, 0.6) is 0 Å². The van der Waals surface area contributed by atoms with Crippen molar-refractivity contribution >= 4 is 11.8 Å². The zero-order valence-electron chi connectivity index (χ0n) is 12.5. The number of nitrogens with one attached hydrogen (secondary N) is 1. The lowest BCUT2D eigenvalue weighted by atomic mass is 9.91. The Balaban J connectivity index is 1.88. The quantitative estimate of drug-likeness (QED) is 0.776. The largest absolute Gasteiger partial charge is 0.314 e. The molecule has 0 amide bonds. The molecule has 1 aromatic rings. The van der Waals surface area contributed by atoms with Crippen molar-refractivity contribution in [2.24, 2.45) is 5.92 Å². The Labute approximate surface area is 122 Å². The van der Waals surface area contributed by atoms with Crippen molar-refractivity contribution in [3.8, 4) is 0 Å². The van der Waals surface area contributed by atoms with E-state index in [1.165, 1.54) is 29.9 Å². The molecule has 2 heteroatoms. The van der Waals surface area contributed by atoms with Gasteiger partial charge in [-0.05, 0) is 49.3 Å². The van der Waals surface area contributed by atoms with Gasteiger partial charge in [0.2, 0.25) is 0 Å². The van der Waals surface area contributed by atoms with E-state index < -0.39 is 0 Å². The van der Waals surface area contributed by atoms with E-state index in [9.17, 15) is 0 Å². The summed E-state index contributed by atoms with van der Waals surface area (Å²) in [6.45, 7) is 7.96. The minimum Gasteiger partial charge on any atom is -0.314 e. The van der Waals surface area contributed by atoms with Gasteiger partial charge in [-0.15, -0.1) is 11.8 Å². The molecule has 1 nitrogen and oxygen atoms in total. The first-order valence-electron chi connectivity index (χ1n) is 7.65. The van der Waals surface area contributed by atoms with Crippen molar-refractivity contribution < 1.29 is 0 Å². The molecule has 0 saturated carbocycles. The van der Waals surface area contributed by atoms with E-state index in [0.717, 1.165) is 18.4 Å². The molecule has 106 valence electrons. The SMILES string of the molecule is CCNC(CCC1CSc2ccccc21)CC(C)C. The summed E-state index contributed by atoms with van der Waals surface area (Å²) >= 11 is 2.03. The molecule has 0 saturated heterocycles. The Morgan fingerprint density at radius 1 is 1.32 bits per heavy atom. The van der Waals surface area contributed by atoms with Crippen LogP contribution in [0.25, 0.3) is 0 Å². The molecular weight excluding hydrogens is 250 g/mol. The molecule has 1 heterocycles. The topological polar surface area (TPSA) is 12.0 Å². The zero-order valence-corrected chi connectivity index (χ0v) is 13.3. The van der Waals surface area contributed by atoms with Crippen LogP contribution in [0.2, 0.25) is 0 Å². The van der Waals surface area contributed by atoms with Crippen molar-refractivity contribution in [3.63, 3.8) is 0 Å². The third kappa shape index (κ3) is 4.25. The summed E-state index contributed by atoms with van der Waals surface area (Å²) in [5.74, 6) is 2.84. The third-order valence-corrected chi connectivity index (χ3v) is 5.16. The number of fused-ring (bicyclic) bond motifs is 1. The van der Waals surface area contributed by atoms with Crippen LogP contribution in [0.4, 0.5) is 0 Å². The van der Waals surface area contributed by atoms with Crippen molar-refractivity contribution in [1.82, 2.24) is 5.32 Å². The van der Waals surface area contributed by atoms with Crippen molar-refractivity contribution in [2.45, 2.75) is 56.9 Å². The molecule has 0 fully saturated rings. The summed E-state index contributed by atoms with van der Waals surface area (Å²) in [6, 6.07) is 9.64.